The number of aliphatic hydroxyl groups is 1. The number of nitrogens with zero attached hydrogens (tertiary/aromatic N) is 1. The minimum absolute atomic E-state index is 0.142. The Labute approximate surface area is 102 Å². The summed E-state index contributed by atoms with van der Waals surface area (Å²) >= 11 is 0. The molecule has 1 fully saturated rings. The SMILES string of the molecule is COc1ccc(N2CCOCC2)cc1CCO. The molecule has 1 aromatic rings. The fraction of sp³-hybridized carbons (Fsp3) is 0.538. The number of benzene rings is 1. The van der Waals surface area contributed by atoms with Gasteiger partial charge in [-0.2, -0.15) is 0 Å². The number of aliphatic hydroxyl groups excluding tert-OH is 1. The molecule has 1 aromatic carbocycles. The summed E-state index contributed by atoms with van der Waals surface area (Å²) in [5, 5.41) is 9.05. The molecule has 4 nitrogen and oxygen atoms in total. The molecular formula is C13H19NO3. The molecule has 1 N–H and O–H groups in total. The van der Waals surface area contributed by atoms with Crippen molar-refractivity contribution in [1.82, 2.24) is 0 Å². The van der Waals surface area contributed by atoms with Gasteiger partial charge in [-0.25, -0.2) is 0 Å². The van der Waals surface area contributed by atoms with E-state index in [1.807, 2.05) is 6.07 Å². The standard InChI is InChI=1S/C13H19NO3/c1-16-13-3-2-12(10-11(13)4-7-15)14-5-8-17-9-6-14/h2-3,10,15H,4-9H2,1H3. The van der Waals surface area contributed by atoms with E-state index in [-0.39, 0.29) is 6.61 Å². The highest BCUT2D eigenvalue weighted by molar-refractivity contribution is 5.53. The summed E-state index contributed by atoms with van der Waals surface area (Å²) in [5.41, 5.74) is 2.23. The number of ether oxygens (including phenoxy) is 2. The molecule has 1 aliphatic heterocycles. The average Bonchev–Trinajstić information content (AvgIpc) is 2.40. The zero-order valence-corrected chi connectivity index (χ0v) is 10.2. The van der Waals surface area contributed by atoms with Gasteiger partial charge in [0.25, 0.3) is 0 Å². The summed E-state index contributed by atoms with van der Waals surface area (Å²) in [6.45, 7) is 3.54. The van der Waals surface area contributed by atoms with E-state index in [0.717, 1.165) is 37.6 Å². The van der Waals surface area contributed by atoms with E-state index in [9.17, 15) is 0 Å². The van der Waals surface area contributed by atoms with Crippen LogP contribution in [0.25, 0.3) is 0 Å². The van der Waals surface area contributed by atoms with Gasteiger partial charge in [-0.05, 0) is 30.2 Å². The third kappa shape index (κ3) is 2.90. The van der Waals surface area contributed by atoms with E-state index >= 15 is 0 Å². The first kappa shape index (κ1) is 12.2. The topological polar surface area (TPSA) is 41.9 Å². The highest BCUT2D eigenvalue weighted by Crippen LogP contribution is 2.25. The molecule has 0 saturated carbocycles. The highest BCUT2D eigenvalue weighted by atomic mass is 16.5. The van der Waals surface area contributed by atoms with Gasteiger partial charge in [0.15, 0.2) is 0 Å². The predicted octanol–water partition coefficient (Wildman–Crippen LogP) is 1.07. The number of methoxy groups -OCH3 is 1. The van der Waals surface area contributed by atoms with Crippen LogP contribution >= 0.6 is 0 Å². The lowest BCUT2D eigenvalue weighted by Crippen LogP contribution is -2.36. The second kappa shape index (κ2) is 5.89. The van der Waals surface area contributed by atoms with Gasteiger partial charge in [0.2, 0.25) is 0 Å². The van der Waals surface area contributed by atoms with Gasteiger partial charge in [0, 0.05) is 25.4 Å². The Kier molecular flexibility index (Phi) is 4.23. The maximum Gasteiger partial charge on any atom is 0.122 e. The summed E-state index contributed by atoms with van der Waals surface area (Å²) in [6.07, 6.45) is 0.626. The van der Waals surface area contributed by atoms with Crippen LogP contribution in [0.1, 0.15) is 5.56 Å². The first-order valence-corrected chi connectivity index (χ1v) is 5.95. The van der Waals surface area contributed by atoms with E-state index in [2.05, 4.69) is 17.0 Å². The fourth-order valence-electron chi connectivity index (χ4n) is 2.10. The summed E-state index contributed by atoms with van der Waals surface area (Å²) in [4.78, 5) is 2.30. The van der Waals surface area contributed by atoms with Crippen molar-refractivity contribution in [2.24, 2.45) is 0 Å². The Bertz CT molecular complexity index is 362. The quantitative estimate of drug-likeness (QED) is 0.850. The molecule has 0 aliphatic carbocycles. The highest BCUT2D eigenvalue weighted by Gasteiger charge is 2.13. The summed E-state index contributed by atoms with van der Waals surface area (Å²) in [5.74, 6) is 0.844. The summed E-state index contributed by atoms with van der Waals surface area (Å²) < 4.78 is 10.6. The molecule has 94 valence electrons. The molecule has 1 aliphatic rings. The van der Waals surface area contributed by atoms with E-state index < -0.39 is 0 Å². The Morgan fingerprint density at radius 3 is 2.76 bits per heavy atom. The number of hydrogen-bond acceptors (Lipinski definition) is 4. The van der Waals surface area contributed by atoms with Gasteiger partial charge in [-0.1, -0.05) is 0 Å². The summed E-state index contributed by atoms with van der Waals surface area (Å²) in [6, 6.07) is 6.13. The molecule has 0 amide bonds. The van der Waals surface area contributed by atoms with Gasteiger partial charge in [0.05, 0.1) is 20.3 Å². The lowest BCUT2D eigenvalue weighted by molar-refractivity contribution is 0.122. The molecule has 4 heteroatoms. The van der Waals surface area contributed by atoms with Crippen molar-refractivity contribution < 1.29 is 14.6 Å². The van der Waals surface area contributed by atoms with Crippen molar-refractivity contribution in [3.8, 4) is 5.75 Å². The van der Waals surface area contributed by atoms with Crippen molar-refractivity contribution in [1.29, 1.82) is 0 Å². The van der Waals surface area contributed by atoms with Crippen molar-refractivity contribution >= 4 is 5.69 Å². The Balaban J connectivity index is 2.19. The van der Waals surface area contributed by atoms with Gasteiger partial charge in [0.1, 0.15) is 5.75 Å². The van der Waals surface area contributed by atoms with E-state index in [0.29, 0.717) is 6.42 Å². The number of hydrogen-bond donors (Lipinski definition) is 1. The molecule has 0 bridgehead atoms. The maximum absolute atomic E-state index is 9.05. The Morgan fingerprint density at radius 1 is 1.35 bits per heavy atom. The first-order valence-electron chi connectivity index (χ1n) is 5.95. The molecule has 0 spiro atoms. The van der Waals surface area contributed by atoms with Crippen LogP contribution in [0, 0.1) is 0 Å². The van der Waals surface area contributed by atoms with Crippen LogP contribution in [-0.4, -0.2) is 45.1 Å². The number of rotatable bonds is 4. The minimum atomic E-state index is 0.142. The van der Waals surface area contributed by atoms with Crippen LogP contribution in [0.5, 0.6) is 5.75 Å². The molecule has 0 atom stereocenters. The Morgan fingerprint density at radius 2 is 2.12 bits per heavy atom. The van der Waals surface area contributed by atoms with Gasteiger partial charge in [-0.3, -0.25) is 0 Å². The third-order valence-electron chi connectivity index (χ3n) is 3.02. The van der Waals surface area contributed by atoms with E-state index in [1.54, 1.807) is 7.11 Å². The molecule has 17 heavy (non-hydrogen) atoms. The Hall–Kier alpha value is -1.26. The van der Waals surface area contributed by atoms with E-state index in [1.165, 1.54) is 5.69 Å². The molecule has 0 unspecified atom stereocenters. The van der Waals surface area contributed by atoms with Crippen molar-refractivity contribution in [2.45, 2.75) is 6.42 Å². The smallest absolute Gasteiger partial charge is 0.122 e. The molecule has 0 radical (unpaired) electrons. The van der Waals surface area contributed by atoms with Crippen LogP contribution in [0.4, 0.5) is 5.69 Å². The largest absolute Gasteiger partial charge is 0.496 e. The number of anilines is 1. The molecule has 1 saturated heterocycles. The molecule has 0 aromatic heterocycles. The van der Waals surface area contributed by atoms with Crippen LogP contribution in [-0.2, 0) is 11.2 Å². The van der Waals surface area contributed by atoms with Gasteiger partial charge < -0.3 is 19.5 Å². The monoisotopic (exact) mass is 237 g/mol. The van der Waals surface area contributed by atoms with Crippen molar-refractivity contribution in [3.63, 3.8) is 0 Å². The van der Waals surface area contributed by atoms with Crippen LogP contribution < -0.4 is 9.64 Å². The first-order chi connectivity index (χ1) is 8.35. The fourth-order valence-corrected chi connectivity index (χ4v) is 2.10. The maximum atomic E-state index is 9.05. The average molecular weight is 237 g/mol. The molecule has 2 rings (SSSR count). The van der Waals surface area contributed by atoms with Crippen LogP contribution in [0.15, 0.2) is 18.2 Å². The van der Waals surface area contributed by atoms with Crippen LogP contribution in [0.2, 0.25) is 0 Å². The van der Waals surface area contributed by atoms with Gasteiger partial charge >= 0.3 is 0 Å². The number of morpholine rings is 1. The minimum Gasteiger partial charge on any atom is -0.496 e. The second-order valence-corrected chi connectivity index (χ2v) is 4.07. The third-order valence-corrected chi connectivity index (χ3v) is 3.02. The normalized spacial score (nSPS) is 16.0. The summed E-state index contributed by atoms with van der Waals surface area (Å²) in [7, 11) is 1.66. The predicted molar refractivity (Wildman–Crippen MR) is 66.8 cm³/mol. The lowest BCUT2D eigenvalue weighted by Gasteiger charge is -2.29. The lowest BCUT2D eigenvalue weighted by atomic mass is 10.1. The molecule has 1 heterocycles. The van der Waals surface area contributed by atoms with E-state index in [4.69, 9.17) is 14.6 Å². The second-order valence-electron chi connectivity index (χ2n) is 4.07. The van der Waals surface area contributed by atoms with Crippen molar-refractivity contribution in [3.05, 3.63) is 23.8 Å². The van der Waals surface area contributed by atoms with Crippen molar-refractivity contribution in [2.75, 3.05) is 44.9 Å². The molecular weight excluding hydrogens is 218 g/mol. The van der Waals surface area contributed by atoms with Gasteiger partial charge in [-0.15, -0.1) is 0 Å². The zero-order valence-electron chi connectivity index (χ0n) is 10.2. The van der Waals surface area contributed by atoms with Crippen LogP contribution in [0.3, 0.4) is 0 Å². The zero-order chi connectivity index (χ0) is 12.1.